The number of primary amides is 1. The zero-order valence-corrected chi connectivity index (χ0v) is 17.6. The molecule has 3 rings (SSSR count). The molecule has 186 valence electrons. The van der Waals surface area contributed by atoms with Gasteiger partial charge in [0, 0.05) is 0 Å². The lowest BCUT2D eigenvalue weighted by atomic mass is 10.1. The van der Waals surface area contributed by atoms with E-state index in [0.29, 0.717) is 0 Å². The van der Waals surface area contributed by atoms with Crippen molar-refractivity contribution in [2.24, 2.45) is 10.7 Å². The quantitative estimate of drug-likeness (QED) is 0.0885. The van der Waals surface area contributed by atoms with Gasteiger partial charge >= 0.3 is 7.82 Å². The number of nitrogens with zero attached hydrogens (tertiary/aromatic N) is 3. The molecular formula is C15H24N5O12P. The number of phosphoric acid groups is 1. The van der Waals surface area contributed by atoms with Crippen LogP contribution in [0.5, 0.6) is 0 Å². The Kier molecular flexibility index (Phi) is 7.82. The fourth-order valence-corrected chi connectivity index (χ4v) is 3.66. The Labute approximate surface area is 185 Å². The van der Waals surface area contributed by atoms with Crippen LogP contribution in [0, 0.1) is 0 Å². The van der Waals surface area contributed by atoms with Crippen LogP contribution < -0.4 is 11.1 Å². The van der Waals surface area contributed by atoms with Crippen LogP contribution >= 0.6 is 7.82 Å². The van der Waals surface area contributed by atoms with Gasteiger partial charge in [-0.05, 0) is 0 Å². The largest absolute Gasteiger partial charge is 0.469 e. The van der Waals surface area contributed by atoms with Crippen molar-refractivity contribution < 1.29 is 58.7 Å². The number of hydrogen-bond donors (Lipinski definition) is 9. The van der Waals surface area contributed by atoms with Gasteiger partial charge in [0.05, 0.1) is 25.9 Å². The number of ether oxygens (including phenoxy) is 2. The lowest BCUT2D eigenvalue weighted by molar-refractivity contribution is -0.0511. The molecule has 0 unspecified atom stereocenters. The molecule has 17 nitrogen and oxygen atoms in total. The third-order valence-electron chi connectivity index (χ3n) is 4.99. The summed E-state index contributed by atoms with van der Waals surface area (Å²) in [6.07, 6.45) is -9.03. The van der Waals surface area contributed by atoms with Gasteiger partial charge in [-0.15, -0.1) is 0 Å². The molecule has 1 aromatic heterocycles. The predicted octanol–water partition coefficient (Wildman–Crippen LogP) is -4.41. The Hall–Kier alpha value is -2.02. The summed E-state index contributed by atoms with van der Waals surface area (Å²) < 4.78 is 26.9. The van der Waals surface area contributed by atoms with E-state index < -0.39 is 76.0 Å². The molecule has 1 amide bonds. The molecule has 2 fully saturated rings. The first kappa shape index (κ1) is 25.6. The standard InChI is InChI=1S/C15H24N5O12P/c16-12(26)7-13(17-3-18-14-10(24)8(22)5(1-21)31-14)20(4-19-7)15-11(25)9(23)6(32-15)2-30-33(27,28)29/h3-6,8-11,14-15,21-25H,1-2H2,(H2,16,26)(H,17,18)(H2,27,28,29)/t5-,6-,8-,9-,10-,11-,14-,15-/m1/s1. The van der Waals surface area contributed by atoms with E-state index in [1.54, 1.807) is 0 Å². The molecule has 33 heavy (non-hydrogen) atoms. The number of rotatable bonds is 9. The summed E-state index contributed by atoms with van der Waals surface area (Å²) in [6, 6.07) is 0. The van der Waals surface area contributed by atoms with Gasteiger partial charge in [-0.1, -0.05) is 0 Å². The van der Waals surface area contributed by atoms with Gasteiger partial charge in [-0.2, -0.15) is 0 Å². The maximum atomic E-state index is 11.7. The van der Waals surface area contributed by atoms with Gasteiger partial charge in [0.1, 0.15) is 42.4 Å². The van der Waals surface area contributed by atoms with Crippen LogP contribution in [0.4, 0.5) is 5.82 Å². The summed E-state index contributed by atoms with van der Waals surface area (Å²) in [7, 11) is -4.87. The van der Waals surface area contributed by atoms with E-state index in [2.05, 4.69) is 19.8 Å². The first-order chi connectivity index (χ1) is 15.4. The first-order valence-electron chi connectivity index (χ1n) is 9.43. The SMILES string of the molecule is NC(=O)c1ncn([C@@H]2O[C@H](COP(=O)(O)O)[C@@H](O)[C@H]2O)c1N/C=N/[C@@H]1O[C@H](CO)[C@@H](O)[C@H]1O. The number of hydrogen-bond acceptors (Lipinski definition) is 12. The van der Waals surface area contributed by atoms with Gasteiger partial charge in [-0.3, -0.25) is 13.9 Å². The first-order valence-corrected chi connectivity index (χ1v) is 11.0. The third-order valence-corrected chi connectivity index (χ3v) is 5.47. The molecule has 0 radical (unpaired) electrons. The zero-order chi connectivity index (χ0) is 24.5. The van der Waals surface area contributed by atoms with Crippen LogP contribution in [0.3, 0.4) is 0 Å². The van der Waals surface area contributed by atoms with Crippen LogP contribution in [-0.2, 0) is 18.6 Å². The van der Waals surface area contributed by atoms with Crippen LogP contribution in [0.15, 0.2) is 11.3 Å². The lowest BCUT2D eigenvalue weighted by Crippen LogP contribution is -2.34. The Morgan fingerprint density at radius 2 is 1.88 bits per heavy atom. The minimum atomic E-state index is -4.87. The molecule has 0 saturated carbocycles. The number of aliphatic imine (C=N–C) groups is 1. The molecule has 8 atom stereocenters. The molecule has 0 spiro atoms. The summed E-state index contributed by atoms with van der Waals surface area (Å²) in [5, 5.41) is 51.9. The third kappa shape index (κ3) is 5.56. The summed E-state index contributed by atoms with van der Waals surface area (Å²) in [6.45, 7) is -1.30. The second kappa shape index (κ2) is 10.1. The van der Waals surface area contributed by atoms with Crippen molar-refractivity contribution in [1.29, 1.82) is 0 Å². The van der Waals surface area contributed by atoms with Crippen LogP contribution in [0.1, 0.15) is 16.7 Å². The van der Waals surface area contributed by atoms with Gasteiger partial charge in [-0.25, -0.2) is 14.5 Å². The Morgan fingerprint density at radius 1 is 1.21 bits per heavy atom. The number of amides is 1. The van der Waals surface area contributed by atoms with Crippen molar-refractivity contribution in [1.82, 2.24) is 9.55 Å². The number of carbonyl (C=O) groups is 1. The molecule has 3 heterocycles. The van der Waals surface area contributed by atoms with E-state index >= 15 is 0 Å². The van der Waals surface area contributed by atoms with E-state index in [-0.39, 0.29) is 11.5 Å². The van der Waals surface area contributed by atoms with Gasteiger partial charge in [0.25, 0.3) is 5.91 Å². The highest BCUT2D eigenvalue weighted by atomic mass is 31.2. The highest BCUT2D eigenvalue weighted by Crippen LogP contribution is 2.39. The number of aliphatic hydroxyl groups is 5. The van der Waals surface area contributed by atoms with Crippen molar-refractivity contribution in [2.45, 2.75) is 49.1 Å². The normalized spacial score (nSPS) is 34.9. The number of aromatic nitrogens is 2. The summed E-state index contributed by atoms with van der Waals surface area (Å²) >= 11 is 0. The zero-order valence-electron chi connectivity index (χ0n) is 16.7. The molecule has 2 aliphatic heterocycles. The summed E-state index contributed by atoms with van der Waals surface area (Å²) in [5.41, 5.74) is 4.98. The van der Waals surface area contributed by atoms with E-state index in [0.717, 1.165) is 17.2 Å². The molecule has 0 aromatic carbocycles. The topological polar surface area (TPSA) is 272 Å². The molecule has 10 N–H and O–H groups in total. The predicted molar refractivity (Wildman–Crippen MR) is 105 cm³/mol. The Balaban J connectivity index is 1.78. The Bertz CT molecular complexity index is 923. The smallest absolute Gasteiger partial charge is 0.394 e. The number of aliphatic hydroxyl groups excluding tert-OH is 5. The number of phosphoric ester groups is 1. The summed E-state index contributed by atoms with van der Waals surface area (Å²) in [4.78, 5) is 37.1. The second-order valence-corrected chi connectivity index (χ2v) is 8.44. The minimum absolute atomic E-state index is 0.147. The number of nitrogens with one attached hydrogen (secondary N) is 1. The maximum Gasteiger partial charge on any atom is 0.469 e. The van der Waals surface area contributed by atoms with E-state index in [1.807, 2.05) is 0 Å². The van der Waals surface area contributed by atoms with Gasteiger partial charge in [0.2, 0.25) is 0 Å². The van der Waals surface area contributed by atoms with Crippen molar-refractivity contribution in [3.05, 3.63) is 12.0 Å². The van der Waals surface area contributed by atoms with Crippen molar-refractivity contribution in [2.75, 3.05) is 18.5 Å². The second-order valence-electron chi connectivity index (χ2n) is 7.20. The highest BCUT2D eigenvalue weighted by Gasteiger charge is 2.46. The van der Waals surface area contributed by atoms with Crippen molar-refractivity contribution in [3.63, 3.8) is 0 Å². The average Bonchev–Trinajstić information content (AvgIpc) is 3.37. The van der Waals surface area contributed by atoms with E-state index in [4.69, 9.17) is 30.1 Å². The molecule has 0 aliphatic carbocycles. The van der Waals surface area contributed by atoms with Crippen molar-refractivity contribution >= 4 is 25.9 Å². The monoisotopic (exact) mass is 497 g/mol. The molecule has 0 bridgehead atoms. The molecule has 2 saturated heterocycles. The lowest BCUT2D eigenvalue weighted by Gasteiger charge is -2.19. The van der Waals surface area contributed by atoms with E-state index in [1.165, 1.54) is 0 Å². The molecule has 1 aromatic rings. The maximum absolute atomic E-state index is 11.7. The van der Waals surface area contributed by atoms with E-state index in [9.17, 15) is 29.8 Å². The van der Waals surface area contributed by atoms with Crippen LogP contribution in [0.25, 0.3) is 0 Å². The molecule has 18 heteroatoms. The Morgan fingerprint density at radius 3 is 2.45 bits per heavy atom. The fraction of sp³-hybridized carbons (Fsp3) is 0.667. The summed E-state index contributed by atoms with van der Waals surface area (Å²) in [5.74, 6) is -1.13. The number of imidazole rings is 1. The number of anilines is 1. The number of carbonyl (C=O) groups excluding carboxylic acids is 1. The molecule has 2 aliphatic rings. The van der Waals surface area contributed by atoms with Crippen molar-refractivity contribution in [3.8, 4) is 0 Å². The van der Waals surface area contributed by atoms with Gasteiger partial charge < -0.3 is 55.8 Å². The van der Waals surface area contributed by atoms with Crippen LogP contribution in [0.2, 0.25) is 0 Å². The number of nitrogens with two attached hydrogens (primary N) is 1. The minimum Gasteiger partial charge on any atom is -0.394 e. The highest BCUT2D eigenvalue weighted by molar-refractivity contribution is 7.46. The average molecular weight is 497 g/mol. The fourth-order valence-electron chi connectivity index (χ4n) is 3.32. The molecular weight excluding hydrogens is 473 g/mol. The van der Waals surface area contributed by atoms with Crippen LogP contribution in [-0.4, -0.2) is 113 Å². The van der Waals surface area contributed by atoms with Gasteiger partial charge in [0.15, 0.2) is 18.1 Å².